The minimum Gasteiger partial charge on any atom is -0.481 e. The lowest BCUT2D eigenvalue weighted by atomic mass is 9.76. The number of hydrogen-bond donors (Lipinski definition) is 4. The number of rotatable bonds is 13. The first-order valence-corrected chi connectivity index (χ1v) is 23.2. The lowest BCUT2D eigenvalue weighted by Gasteiger charge is -2.54. The highest BCUT2D eigenvalue weighted by molar-refractivity contribution is 5.96. The number of aliphatic hydroxyl groups excluding tert-OH is 2. The van der Waals surface area contributed by atoms with E-state index in [9.17, 15) is 30.0 Å². The Morgan fingerprint density at radius 3 is 2.25 bits per heavy atom. The van der Waals surface area contributed by atoms with Gasteiger partial charge < -0.3 is 58.3 Å². The summed E-state index contributed by atoms with van der Waals surface area (Å²) in [5.41, 5.74) is -0.326. The number of hydrogen-bond acceptors (Lipinski definition) is 13. The minimum atomic E-state index is -1.66. The van der Waals surface area contributed by atoms with E-state index in [-0.39, 0.29) is 72.4 Å². The van der Waals surface area contributed by atoms with E-state index in [1.54, 1.807) is 27.9 Å². The van der Waals surface area contributed by atoms with E-state index in [0.29, 0.717) is 44.1 Å². The van der Waals surface area contributed by atoms with Crippen LogP contribution in [-0.2, 0) is 47.5 Å². The van der Waals surface area contributed by atoms with Gasteiger partial charge in [0.15, 0.2) is 29.4 Å². The van der Waals surface area contributed by atoms with Crippen molar-refractivity contribution >= 4 is 11.8 Å². The SMILES string of the molecule is CO[C@H]1CCC(O[C@H]2C[C@H]([C@]3(C)CC[C@]4(C[C@H](O)[C@@H](C)[C@@H]([C@@H](C)/C=C(\C)C(=O)[C@H](C)C[C@H](C)C(=O)O)O4)O3)O[C@]3(O[C@@H]([C@H]4O[C@@](O)(CO)[C@H](C)C[C@@H]4C)C[C@@H]3C)[C@@H]2C)O[C@@H]1C. The molecule has 350 valence electrons. The molecule has 0 aromatic heterocycles. The van der Waals surface area contributed by atoms with E-state index in [1.807, 2.05) is 33.8 Å². The molecule has 4 N–H and O–H groups in total. The molecular weight excluding hydrogens is 789 g/mol. The summed E-state index contributed by atoms with van der Waals surface area (Å²) in [6.07, 6.45) is 3.25. The first-order chi connectivity index (χ1) is 28.5. The molecule has 0 aromatic rings. The predicted octanol–water partition coefficient (Wildman–Crippen LogP) is 6.15. The van der Waals surface area contributed by atoms with Crippen LogP contribution in [0.4, 0.5) is 0 Å². The lowest BCUT2D eigenvalue weighted by Crippen LogP contribution is -2.63. The first-order valence-electron chi connectivity index (χ1n) is 23.2. The molecule has 6 rings (SSSR count). The summed E-state index contributed by atoms with van der Waals surface area (Å²) >= 11 is 0. The van der Waals surface area contributed by atoms with Crippen LogP contribution in [0.2, 0.25) is 0 Å². The van der Waals surface area contributed by atoms with Crippen LogP contribution >= 0.6 is 0 Å². The third-order valence-corrected chi connectivity index (χ3v) is 15.9. The Hall–Kier alpha value is -1.56. The van der Waals surface area contributed by atoms with Gasteiger partial charge in [0, 0.05) is 68.3 Å². The van der Waals surface area contributed by atoms with Crippen molar-refractivity contribution in [2.75, 3.05) is 13.7 Å². The molecule has 6 fully saturated rings. The Balaban J connectivity index is 1.24. The Morgan fingerprint density at radius 1 is 0.902 bits per heavy atom. The number of carbonyl (C=O) groups is 2. The second kappa shape index (κ2) is 18.7. The number of methoxy groups -OCH3 is 1. The maximum atomic E-state index is 13.4. The van der Waals surface area contributed by atoms with Crippen molar-refractivity contribution in [3.05, 3.63) is 11.6 Å². The highest BCUT2D eigenvalue weighted by atomic mass is 16.8. The minimum absolute atomic E-state index is 0.0130. The first kappa shape index (κ1) is 48.9. The average molecular weight is 867 g/mol. The maximum absolute atomic E-state index is 13.4. The second-order valence-corrected chi connectivity index (χ2v) is 20.6. The fourth-order valence-electron chi connectivity index (χ4n) is 11.8. The number of ether oxygens (including phenoxy) is 8. The zero-order valence-corrected chi connectivity index (χ0v) is 38.8. The highest BCUT2D eigenvalue weighted by Gasteiger charge is 2.65. The van der Waals surface area contributed by atoms with E-state index in [1.165, 1.54) is 0 Å². The molecule has 1 unspecified atom stereocenters. The Bertz CT molecular complexity index is 1570. The van der Waals surface area contributed by atoms with Crippen molar-refractivity contribution in [1.29, 1.82) is 0 Å². The molecule has 0 amide bonds. The summed E-state index contributed by atoms with van der Waals surface area (Å²) in [6, 6.07) is 0. The number of carboxylic acids is 1. The molecule has 0 aliphatic carbocycles. The third kappa shape index (κ3) is 9.71. The number of carboxylic acid groups (broad SMARTS) is 1. The van der Waals surface area contributed by atoms with Crippen molar-refractivity contribution in [1.82, 2.24) is 0 Å². The van der Waals surface area contributed by atoms with Crippen molar-refractivity contribution in [2.45, 2.75) is 212 Å². The number of aliphatic carboxylic acids is 1. The lowest BCUT2D eigenvalue weighted by molar-refractivity contribution is -0.390. The summed E-state index contributed by atoms with van der Waals surface area (Å²) in [6.45, 7) is 20.9. The molecule has 14 nitrogen and oxygen atoms in total. The monoisotopic (exact) mass is 867 g/mol. The van der Waals surface area contributed by atoms with Crippen LogP contribution in [-0.4, -0.2) is 124 Å². The summed E-state index contributed by atoms with van der Waals surface area (Å²) in [4.78, 5) is 24.8. The van der Waals surface area contributed by atoms with E-state index >= 15 is 0 Å². The van der Waals surface area contributed by atoms with Crippen molar-refractivity contribution in [3.8, 4) is 0 Å². The van der Waals surface area contributed by atoms with Gasteiger partial charge in [0.2, 0.25) is 0 Å². The Kier molecular flexibility index (Phi) is 15.0. The number of ketones is 1. The molecule has 0 saturated carbocycles. The quantitative estimate of drug-likeness (QED) is 0.154. The molecule has 61 heavy (non-hydrogen) atoms. The van der Waals surface area contributed by atoms with Gasteiger partial charge in [0.25, 0.3) is 0 Å². The number of carbonyl (C=O) groups excluding carboxylic acids is 1. The second-order valence-electron chi connectivity index (χ2n) is 20.6. The van der Waals surface area contributed by atoms with Gasteiger partial charge in [-0.3, -0.25) is 9.59 Å². The standard InChI is InChI=1S/C47H78O14/c1-24(40(50)25(2)18-28(5)43(51)52)17-26(3)41-31(8)34(49)22-45(59-41)16-15-44(11,61-45)38-21-36(56-39-14-13-35(54-12)33(10)55-39)32(9)47(58-38)30(7)20-37(57-47)42-27(4)19-29(6)46(53,23-48)60-42/h17,25-39,41-42,48-49,53H,13-16,18-23H2,1-12H3,(H,51,52)/b24-17+/t25-,26+,27+,28+,29-,30+,31-,32-,33-,34+,35+,36+,37-,38-,39?,41-,42+,44+,45-,46+,47+/m1/s1. The molecule has 6 heterocycles. The summed E-state index contributed by atoms with van der Waals surface area (Å²) in [5, 5.41) is 42.5. The third-order valence-electron chi connectivity index (χ3n) is 15.9. The van der Waals surface area contributed by atoms with Crippen molar-refractivity contribution < 1.29 is 67.9 Å². The fourth-order valence-corrected chi connectivity index (χ4v) is 11.8. The van der Waals surface area contributed by atoms with Crippen LogP contribution in [0.15, 0.2) is 11.6 Å². The van der Waals surface area contributed by atoms with E-state index in [2.05, 4.69) is 27.7 Å². The van der Waals surface area contributed by atoms with Crippen LogP contribution < -0.4 is 0 Å². The number of aliphatic hydroxyl groups is 3. The molecule has 6 aliphatic heterocycles. The molecular formula is C47H78O14. The smallest absolute Gasteiger partial charge is 0.306 e. The van der Waals surface area contributed by atoms with Crippen molar-refractivity contribution in [2.24, 2.45) is 47.3 Å². The average Bonchev–Trinajstić information content (AvgIpc) is 3.71. The van der Waals surface area contributed by atoms with Gasteiger partial charge in [0.05, 0.1) is 67.0 Å². The number of Topliss-reactive ketones (excluding diaryl/α,β-unsaturated/α-hetero) is 1. The van der Waals surface area contributed by atoms with Crippen LogP contribution in [0.5, 0.6) is 0 Å². The topological polar surface area (TPSA) is 189 Å². The number of allylic oxidation sites excluding steroid dienone is 1. The zero-order valence-electron chi connectivity index (χ0n) is 38.8. The normalized spacial score (nSPS) is 48.6. The highest BCUT2D eigenvalue weighted by Crippen LogP contribution is 2.56. The fraction of sp³-hybridized carbons (Fsp3) is 0.915. The van der Waals surface area contributed by atoms with Gasteiger partial charge in [-0.1, -0.05) is 61.5 Å². The van der Waals surface area contributed by atoms with E-state index < -0.39 is 84.2 Å². The van der Waals surface area contributed by atoms with Gasteiger partial charge in [-0.2, -0.15) is 0 Å². The van der Waals surface area contributed by atoms with Crippen molar-refractivity contribution in [3.63, 3.8) is 0 Å². The van der Waals surface area contributed by atoms with Gasteiger partial charge >= 0.3 is 5.97 Å². The molecule has 14 heteroatoms. The van der Waals surface area contributed by atoms with Crippen LogP contribution in [0.25, 0.3) is 0 Å². The molecule has 0 aromatic carbocycles. The molecule has 6 aliphatic rings. The van der Waals surface area contributed by atoms with Gasteiger partial charge in [-0.15, -0.1) is 0 Å². The van der Waals surface area contributed by atoms with E-state index in [4.69, 9.17) is 37.9 Å². The molecule has 21 atom stereocenters. The Morgan fingerprint density at radius 2 is 1.61 bits per heavy atom. The summed E-state index contributed by atoms with van der Waals surface area (Å²) in [5.74, 6) is -7.01. The largest absolute Gasteiger partial charge is 0.481 e. The Labute approximate surface area is 363 Å². The molecule has 6 saturated heterocycles. The van der Waals surface area contributed by atoms with Crippen LogP contribution in [0.1, 0.15) is 134 Å². The maximum Gasteiger partial charge on any atom is 0.306 e. The van der Waals surface area contributed by atoms with Gasteiger partial charge in [-0.25, -0.2) is 0 Å². The van der Waals surface area contributed by atoms with E-state index in [0.717, 1.165) is 6.42 Å². The van der Waals surface area contributed by atoms with Gasteiger partial charge in [0.1, 0.15) is 0 Å². The summed E-state index contributed by atoms with van der Waals surface area (Å²) < 4.78 is 53.9. The van der Waals surface area contributed by atoms with Crippen LogP contribution in [0, 0.1) is 47.3 Å². The molecule has 0 radical (unpaired) electrons. The predicted molar refractivity (Wildman–Crippen MR) is 224 cm³/mol. The zero-order chi connectivity index (χ0) is 45.0. The van der Waals surface area contributed by atoms with Gasteiger partial charge in [-0.05, 0) is 64.4 Å². The molecule has 2 spiro atoms. The van der Waals surface area contributed by atoms with Crippen LogP contribution in [0.3, 0.4) is 0 Å². The molecule has 0 bridgehead atoms. The summed E-state index contributed by atoms with van der Waals surface area (Å²) in [7, 11) is 1.70.